The average molecular weight is 475 g/mol. The number of amides is 3. The van der Waals surface area contributed by atoms with E-state index in [2.05, 4.69) is 21.5 Å². The summed E-state index contributed by atoms with van der Waals surface area (Å²) in [5.41, 5.74) is 9.31. The van der Waals surface area contributed by atoms with Gasteiger partial charge in [0.1, 0.15) is 5.60 Å². The van der Waals surface area contributed by atoms with Crippen molar-refractivity contribution in [2.45, 2.75) is 39.8 Å². The Labute approximate surface area is 205 Å². The highest BCUT2D eigenvalue weighted by atomic mass is 16.6. The van der Waals surface area contributed by atoms with Gasteiger partial charge in [-0.3, -0.25) is 15.0 Å². The maximum absolute atomic E-state index is 12.7. The third-order valence-corrected chi connectivity index (χ3v) is 4.80. The van der Waals surface area contributed by atoms with Crippen molar-refractivity contribution in [2.75, 3.05) is 10.7 Å². The zero-order chi connectivity index (χ0) is 25.4. The second kappa shape index (κ2) is 11.2. The first kappa shape index (κ1) is 25.3. The fourth-order valence-electron chi connectivity index (χ4n) is 3.33. The molecule has 35 heavy (non-hydrogen) atoms. The number of hydrazine groups is 1. The predicted octanol–water partition coefficient (Wildman–Crippen LogP) is 5.09. The summed E-state index contributed by atoms with van der Waals surface area (Å²) in [7, 11) is 0. The van der Waals surface area contributed by atoms with Gasteiger partial charge in [-0.05, 0) is 73.9 Å². The van der Waals surface area contributed by atoms with Crippen molar-refractivity contribution in [1.82, 2.24) is 10.7 Å². The minimum absolute atomic E-state index is 0.176. The molecular formula is C27H30N4O4. The highest BCUT2D eigenvalue weighted by molar-refractivity contribution is 5.95. The van der Waals surface area contributed by atoms with Crippen molar-refractivity contribution in [3.8, 4) is 11.1 Å². The van der Waals surface area contributed by atoms with Crippen molar-refractivity contribution >= 4 is 29.3 Å². The molecule has 0 radical (unpaired) electrons. The van der Waals surface area contributed by atoms with Gasteiger partial charge in [0.05, 0.1) is 5.69 Å². The Bertz CT molecular complexity index is 1190. The number of ether oxygens (including phenoxy) is 1. The molecular weight excluding hydrogens is 444 g/mol. The van der Waals surface area contributed by atoms with E-state index in [4.69, 9.17) is 4.74 Å². The molecule has 8 nitrogen and oxygen atoms in total. The first-order valence-corrected chi connectivity index (χ1v) is 11.2. The zero-order valence-electron chi connectivity index (χ0n) is 20.3. The minimum atomic E-state index is -0.612. The fourth-order valence-corrected chi connectivity index (χ4v) is 3.33. The second-order valence-corrected chi connectivity index (χ2v) is 8.93. The predicted molar refractivity (Wildman–Crippen MR) is 137 cm³/mol. The lowest BCUT2D eigenvalue weighted by Gasteiger charge is -2.20. The van der Waals surface area contributed by atoms with Crippen LogP contribution >= 0.6 is 0 Å². The average Bonchev–Trinajstić information content (AvgIpc) is 2.81. The summed E-state index contributed by atoms with van der Waals surface area (Å²) >= 11 is 0. The Morgan fingerprint density at radius 1 is 0.857 bits per heavy atom. The van der Waals surface area contributed by atoms with E-state index in [1.807, 2.05) is 48.5 Å². The Morgan fingerprint density at radius 2 is 1.51 bits per heavy atom. The topological polar surface area (TPSA) is 109 Å². The van der Waals surface area contributed by atoms with E-state index in [0.717, 1.165) is 16.7 Å². The molecule has 8 heteroatoms. The lowest BCUT2D eigenvalue weighted by atomic mass is 9.99. The lowest BCUT2D eigenvalue weighted by Crippen LogP contribution is -2.35. The van der Waals surface area contributed by atoms with Crippen LogP contribution in [0.3, 0.4) is 0 Å². The molecule has 0 fully saturated rings. The standard InChI is InChI=1S/C27H30N4O4/c1-18(32)29-22-12-10-20(11-13-22)25(33)28-17-21-16-23(30-31-26(34)35-27(2,3)4)14-15-24(21)19-8-6-5-7-9-19/h5-16,30H,17H2,1-4H3,(H,28,33)(H,29,32)(H,31,34). The van der Waals surface area contributed by atoms with Crippen molar-refractivity contribution in [1.29, 1.82) is 0 Å². The zero-order valence-corrected chi connectivity index (χ0v) is 20.3. The lowest BCUT2D eigenvalue weighted by molar-refractivity contribution is -0.114. The quantitative estimate of drug-likeness (QED) is 0.357. The molecule has 182 valence electrons. The van der Waals surface area contributed by atoms with E-state index in [0.29, 0.717) is 16.9 Å². The Morgan fingerprint density at radius 3 is 2.14 bits per heavy atom. The SMILES string of the molecule is CC(=O)Nc1ccc(C(=O)NCc2cc(NNC(=O)OC(C)(C)C)ccc2-c2ccccc2)cc1. The van der Waals surface area contributed by atoms with Crippen molar-refractivity contribution in [3.05, 3.63) is 83.9 Å². The third-order valence-electron chi connectivity index (χ3n) is 4.80. The van der Waals surface area contributed by atoms with E-state index in [9.17, 15) is 14.4 Å². The Balaban J connectivity index is 1.75. The molecule has 0 heterocycles. The number of nitrogens with one attached hydrogen (secondary N) is 4. The Hall–Kier alpha value is -4.33. The summed E-state index contributed by atoms with van der Waals surface area (Å²) in [6, 6.07) is 22.1. The number of hydrogen-bond acceptors (Lipinski definition) is 5. The number of hydrogen-bond donors (Lipinski definition) is 4. The summed E-state index contributed by atoms with van der Waals surface area (Å²) in [6.45, 7) is 7.05. The van der Waals surface area contributed by atoms with Crippen LogP contribution in [0.4, 0.5) is 16.2 Å². The summed E-state index contributed by atoms with van der Waals surface area (Å²) in [5.74, 6) is -0.422. The molecule has 3 rings (SSSR count). The van der Waals surface area contributed by atoms with Gasteiger partial charge in [0.2, 0.25) is 5.91 Å². The molecule has 0 aliphatic rings. The molecule has 0 spiro atoms. The van der Waals surface area contributed by atoms with Crippen LogP contribution in [0.25, 0.3) is 11.1 Å². The second-order valence-electron chi connectivity index (χ2n) is 8.93. The van der Waals surface area contributed by atoms with E-state index < -0.39 is 11.7 Å². The van der Waals surface area contributed by atoms with Crippen LogP contribution in [-0.4, -0.2) is 23.5 Å². The van der Waals surface area contributed by atoms with Crippen LogP contribution in [0.1, 0.15) is 43.6 Å². The number of carbonyl (C=O) groups excluding carboxylic acids is 3. The van der Waals surface area contributed by atoms with Crippen LogP contribution in [-0.2, 0) is 16.1 Å². The molecule has 3 amide bonds. The fraction of sp³-hybridized carbons (Fsp3) is 0.222. The summed E-state index contributed by atoms with van der Waals surface area (Å²) in [4.78, 5) is 35.9. The van der Waals surface area contributed by atoms with Gasteiger partial charge < -0.3 is 15.4 Å². The first-order chi connectivity index (χ1) is 16.6. The van der Waals surface area contributed by atoms with Gasteiger partial charge in [-0.15, -0.1) is 0 Å². The normalized spacial score (nSPS) is 10.7. The van der Waals surface area contributed by atoms with Gasteiger partial charge in [0.15, 0.2) is 0 Å². The summed E-state index contributed by atoms with van der Waals surface area (Å²) in [6.07, 6.45) is -0.595. The van der Waals surface area contributed by atoms with E-state index in [1.165, 1.54) is 6.92 Å². The van der Waals surface area contributed by atoms with Crippen LogP contribution in [0.2, 0.25) is 0 Å². The highest BCUT2D eigenvalue weighted by Gasteiger charge is 2.16. The van der Waals surface area contributed by atoms with Crippen molar-refractivity contribution in [3.63, 3.8) is 0 Å². The first-order valence-electron chi connectivity index (χ1n) is 11.2. The van der Waals surface area contributed by atoms with Crippen LogP contribution in [0, 0.1) is 0 Å². The monoisotopic (exact) mass is 474 g/mol. The number of benzene rings is 3. The highest BCUT2D eigenvalue weighted by Crippen LogP contribution is 2.26. The molecule has 4 N–H and O–H groups in total. The molecule has 0 bridgehead atoms. The van der Waals surface area contributed by atoms with Gasteiger partial charge in [-0.1, -0.05) is 36.4 Å². The number of rotatable bonds is 7. The van der Waals surface area contributed by atoms with Crippen LogP contribution < -0.4 is 21.5 Å². The number of anilines is 2. The van der Waals surface area contributed by atoms with Gasteiger partial charge in [0.25, 0.3) is 5.91 Å². The minimum Gasteiger partial charge on any atom is -0.443 e. The largest absolute Gasteiger partial charge is 0.443 e. The molecule has 0 unspecified atom stereocenters. The maximum Gasteiger partial charge on any atom is 0.426 e. The summed E-state index contributed by atoms with van der Waals surface area (Å²) < 4.78 is 5.25. The Kier molecular flexibility index (Phi) is 8.09. The molecule has 3 aromatic rings. The molecule has 0 atom stereocenters. The molecule has 0 aromatic heterocycles. The van der Waals surface area contributed by atoms with Gasteiger partial charge >= 0.3 is 6.09 Å². The molecule has 0 aliphatic heterocycles. The maximum atomic E-state index is 12.7. The van der Waals surface area contributed by atoms with Crippen LogP contribution in [0.5, 0.6) is 0 Å². The van der Waals surface area contributed by atoms with Crippen molar-refractivity contribution < 1.29 is 19.1 Å². The van der Waals surface area contributed by atoms with E-state index in [1.54, 1.807) is 45.0 Å². The van der Waals surface area contributed by atoms with E-state index in [-0.39, 0.29) is 18.4 Å². The van der Waals surface area contributed by atoms with Gasteiger partial charge in [-0.25, -0.2) is 10.2 Å². The van der Waals surface area contributed by atoms with Gasteiger partial charge in [-0.2, -0.15) is 0 Å². The van der Waals surface area contributed by atoms with Gasteiger partial charge in [0, 0.05) is 24.7 Å². The van der Waals surface area contributed by atoms with Crippen LogP contribution in [0.15, 0.2) is 72.8 Å². The molecule has 3 aromatic carbocycles. The molecule has 0 saturated carbocycles. The van der Waals surface area contributed by atoms with Crippen molar-refractivity contribution in [2.24, 2.45) is 0 Å². The smallest absolute Gasteiger partial charge is 0.426 e. The third kappa shape index (κ3) is 7.89. The molecule has 0 saturated heterocycles. The number of carbonyl (C=O) groups is 3. The summed E-state index contributed by atoms with van der Waals surface area (Å²) in [5, 5.41) is 5.62. The molecule has 0 aliphatic carbocycles. The van der Waals surface area contributed by atoms with E-state index >= 15 is 0 Å².